The third-order valence-corrected chi connectivity index (χ3v) is 5.02. The van der Waals surface area contributed by atoms with Crippen LogP contribution in [-0.4, -0.2) is 24.8 Å². The molecular formula is C20H19ClN2O3S. The molecule has 1 aliphatic heterocycles. The van der Waals surface area contributed by atoms with Gasteiger partial charge in [0.25, 0.3) is 5.91 Å². The van der Waals surface area contributed by atoms with Crippen molar-refractivity contribution in [2.45, 2.75) is 13.8 Å². The topological polar surface area (TPSA) is 59.9 Å². The third-order valence-electron chi connectivity index (χ3n) is 3.78. The number of ether oxygens (including phenoxy) is 2. The molecule has 0 radical (unpaired) electrons. The highest BCUT2D eigenvalue weighted by molar-refractivity contribution is 8.18. The van der Waals surface area contributed by atoms with Gasteiger partial charge in [-0.05, 0) is 55.4 Å². The van der Waals surface area contributed by atoms with Gasteiger partial charge in [0.15, 0.2) is 16.7 Å². The van der Waals surface area contributed by atoms with Crippen molar-refractivity contribution in [1.82, 2.24) is 5.32 Å². The predicted octanol–water partition coefficient (Wildman–Crippen LogP) is 4.95. The first-order chi connectivity index (χ1) is 13.0. The van der Waals surface area contributed by atoms with Crippen molar-refractivity contribution in [3.05, 3.63) is 57.5 Å². The molecular weight excluding hydrogens is 384 g/mol. The number of aryl methyl sites for hydroxylation is 1. The van der Waals surface area contributed by atoms with Gasteiger partial charge in [-0.1, -0.05) is 29.3 Å². The lowest BCUT2D eigenvalue weighted by molar-refractivity contribution is -0.115. The van der Waals surface area contributed by atoms with E-state index in [1.54, 1.807) is 25.3 Å². The van der Waals surface area contributed by atoms with Crippen molar-refractivity contribution in [1.29, 1.82) is 0 Å². The Balaban J connectivity index is 1.87. The summed E-state index contributed by atoms with van der Waals surface area (Å²) in [6.07, 6.45) is 1.72. The number of aliphatic imine (C=N–C) groups is 1. The van der Waals surface area contributed by atoms with E-state index in [1.165, 1.54) is 11.8 Å². The molecule has 5 nitrogen and oxygen atoms in total. The molecule has 0 unspecified atom stereocenters. The number of carbonyl (C=O) groups is 1. The third kappa shape index (κ3) is 4.64. The number of amidine groups is 1. The number of methoxy groups -OCH3 is 1. The highest BCUT2D eigenvalue weighted by Crippen LogP contribution is 2.36. The van der Waals surface area contributed by atoms with Crippen molar-refractivity contribution in [3.63, 3.8) is 0 Å². The van der Waals surface area contributed by atoms with Crippen LogP contribution in [0.2, 0.25) is 5.02 Å². The summed E-state index contributed by atoms with van der Waals surface area (Å²) in [5.41, 5.74) is 2.61. The summed E-state index contributed by atoms with van der Waals surface area (Å²) in [5.74, 6) is 0.914. The minimum absolute atomic E-state index is 0.213. The number of benzene rings is 2. The van der Waals surface area contributed by atoms with Crippen LogP contribution in [0.15, 0.2) is 46.3 Å². The first-order valence-corrected chi connectivity index (χ1v) is 9.56. The van der Waals surface area contributed by atoms with E-state index in [0.717, 1.165) is 11.3 Å². The zero-order valence-corrected chi connectivity index (χ0v) is 16.8. The first kappa shape index (κ1) is 19.3. The summed E-state index contributed by atoms with van der Waals surface area (Å²) in [6, 6.07) is 11.2. The second-order valence-corrected chi connectivity index (χ2v) is 7.21. The quantitative estimate of drug-likeness (QED) is 0.719. The molecule has 3 rings (SSSR count). The number of nitrogens with zero attached hydrogens (tertiary/aromatic N) is 1. The number of amides is 1. The fourth-order valence-electron chi connectivity index (χ4n) is 2.45. The fraction of sp³-hybridized carbons (Fsp3) is 0.200. The van der Waals surface area contributed by atoms with Gasteiger partial charge in [0.05, 0.1) is 29.3 Å². The minimum Gasteiger partial charge on any atom is -0.493 e. The van der Waals surface area contributed by atoms with Gasteiger partial charge in [-0.25, -0.2) is 4.99 Å². The number of carbonyl (C=O) groups excluding carboxylic acids is 1. The molecule has 1 heterocycles. The molecule has 0 aromatic heterocycles. The molecule has 1 fully saturated rings. The van der Waals surface area contributed by atoms with Crippen molar-refractivity contribution in [3.8, 4) is 11.5 Å². The molecule has 0 saturated carbocycles. The average molecular weight is 403 g/mol. The standard InChI is InChI=1S/C20H19ClN2O3S/c1-4-26-17-11-15(21)13(9-16(17)25-3)10-18-19(24)23-20(27-18)22-14-7-5-12(2)6-8-14/h5-11H,4H2,1-3H3,(H,22,23,24)/b18-10+. The lowest BCUT2D eigenvalue weighted by Crippen LogP contribution is -2.19. The molecule has 0 atom stereocenters. The Labute approximate surface area is 167 Å². The van der Waals surface area contributed by atoms with Crippen LogP contribution in [0.4, 0.5) is 5.69 Å². The van der Waals surface area contributed by atoms with E-state index in [2.05, 4.69) is 10.3 Å². The highest BCUT2D eigenvalue weighted by atomic mass is 35.5. The molecule has 2 aromatic rings. The van der Waals surface area contributed by atoms with Gasteiger partial charge >= 0.3 is 0 Å². The normalized spacial score (nSPS) is 16.7. The van der Waals surface area contributed by atoms with Crippen LogP contribution in [0.5, 0.6) is 11.5 Å². The molecule has 2 aromatic carbocycles. The lowest BCUT2D eigenvalue weighted by atomic mass is 10.2. The number of halogens is 1. The van der Waals surface area contributed by atoms with Gasteiger partial charge in [0.1, 0.15) is 0 Å². The molecule has 1 aliphatic rings. The van der Waals surface area contributed by atoms with E-state index in [0.29, 0.717) is 38.8 Å². The average Bonchev–Trinajstić information content (AvgIpc) is 2.98. The Morgan fingerprint density at radius 1 is 1.22 bits per heavy atom. The van der Waals surface area contributed by atoms with Crippen LogP contribution in [0.3, 0.4) is 0 Å². The first-order valence-electron chi connectivity index (χ1n) is 8.36. The highest BCUT2D eigenvalue weighted by Gasteiger charge is 2.24. The summed E-state index contributed by atoms with van der Waals surface area (Å²) in [5, 5.41) is 3.78. The van der Waals surface area contributed by atoms with Crippen molar-refractivity contribution < 1.29 is 14.3 Å². The number of hydrogen-bond acceptors (Lipinski definition) is 5. The SMILES string of the molecule is CCOc1cc(Cl)c(/C=C2/SC(=Nc3ccc(C)cc3)NC2=O)cc1OC. The van der Waals surface area contributed by atoms with E-state index in [9.17, 15) is 4.79 Å². The van der Waals surface area contributed by atoms with Crippen LogP contribution in [-0.2, 0) is 4.79 Å². The lowest BCUT2D eigenvalue weighted by Gasteiger charge is -2.11. The molecule has 1 saturated heterocycles. The summed E-state index contributed by atoms with van der Waals surface area (Å²) in [4.78, 5) is 17.3. The van der Waals surface area contributed by atoms with Crippen molar-refractivity contribution in [2.75, 3.05) is 13.7 Å². The fourth-order valence-corrected chi connectivity index (χ4v) is 3.49. The Morgan fingerprint density at radius 2 is 1.96 bits per heavy atom. The molecule has 27 heavy (non-hydrogen) atoms. The summed E-state index contributed by atoms with van der Waals surface area (Å²) in [7, 11) is 1.56. The largest absolute Gasteiger partial charge is 0.493 e. The van der Waals surface area contributed by atoms with Crippen LogP contribution < -0.4 is 14.8 Å². The van der Waals surface area contributed by atoms with E-state index in [1.807, 2.05) is 38.1 Å². The maximum Gasteiger partial charge on any atom is 0.264 e. The monoisotopic (exact) mass is 402 g/mol. The van der Waals surface area contributed by atoms with Crippen LogP contribution >= 0.6 is 23.4 Å². The molecule has 7 heteroatoms. The summed E-state index contributed by atoms with van der Waals surface area (Å²) in [6.45, 7) is 4.40. The number of hydrogen-bond donors (Lipinski definition) is 1. The van der Waals surface area contributed by atoms with Crippen LogP contribution in [0.1, 0.15) is 18.1 Å². The molecule has 1 N–H and O–H groups in total. The van der Waals surface area contributed by atoms with E-state index >= 15 is 0 Å². The molecule has 0 bridgehead atoms. The molecule has 0 spiro atoms. The van der Waals surface area contributed by atoms with Crippen molar-refractivity contribution >= 4 is 46.2 Å². The molecule has 1 amide bonds. The smallest absolute Gasteiger partial charge is 0.264 e. The maximum absolute atomic E-state index is 12.3. The zero-order valence-electron chi connectivity index (χ0n) is 15.2. The van der Waals surface area contributed by atoms with E-state index < -0.39 is 0 Å². The van der Waals surface area contributed by atoms with Gasteiger partial charge in [0.2, 0.25) is 0 Å². The van der Waals surface area contributed by atoms with Crippen LogP contribution in [0.25, 0.3) is 6.08 Å². The van der Waals surface area contributed by atoms with Gasteiger partial charge in [-0.3, -0.25) is 4.79 Å². The number of rotatable bonds is 5. The molecule has 140 valence electrons. The maximum atomic E-state index is 12.3. The second-order valence-electron chi connectivity index (χ2n) is 5.77. The van der Waals surface area contributed by atoms with E-state index in [4.69, 9.17) is 21.1 Å². The summed E-state index contributed by atoms with van der Waals surface area (Å²) >= 11 is 7.62. The minimum atomic E-state index is -0.213. The second kappa shape index (κ2) is 8.50. The van der Waals surface area contributed by atoms with Gasteiger partial charge in [-0.2, -0.15) is 0 Å². The summed E-state index contributed by atoms with van der Waals surface area (Å²) < 4.78 is 10.9. The van der Waals surface area contributed by atoms with E-state index in [-0.39, 0.29) is 5.91 Å². The Hall–Kier alpha value is -2.44. The number of nitrogens with one attached hydrogen (secondary N) is 1. The Bertz CT molecular complexity index is 924. The van der Waals surface area contributed by atoms with Gasteiger partial charge in [-0.15, -0.1) is 0 Å². The Morgan fingerprint density at radius 3 is 2.63 bits per heavy atom. The predicted molar refractivity (Wildman–Crippen MR) is 111 cm³/mol. The number of thioether (sulfide) groups is 1. The van der Waals surface area contributed by atoms with Gasteiger partial charge < -0.3 is 14.8 Å². The Kier molecular flexibility index (Phi) is 6.08. The molecule has 0 aliphatic carbocycles. The van der Waals surface area contributed by atoms with Gasteiger partial charge in [0, 0.05) is 6.07 Å². The van der Waals surface area contributed by atoms with Crippen molar-refractivity contribution in [2.24, 2.45) is 4.99 Å². The zero-order chi connectivity index (χ0) is 19.4. The van der Waals surface area contributed by atoms with Crippen LogP contribution in [0, 0.1) is 6.92 Å².